The van der Waals surface area contributed by atoms with Gasteiger partial charge in [-0.15, -0.1) is 11.3 Å². The van der Waals surface area contributed by atoms with Crippen molar-refractivity contribution in [3.63, 3.8) is 0 Å². The molecule has 1 aliphatic heterocycles. The molecule has 0 unspecified atom stereocenters. The zero-order valence-corrected chi connectivity index (χ0v) is 11.4. The van der Waals surface area contributed by atoms with Gasteiger partial charge in [0, 0.05) is 30.0 Å². The van der Waals surface area contributed by atoms with Gasteiger partial charge in [0.05, 0.1) is 11.3 Å². The largest absolute Gasteiger partial charge is 0.478 e. The number of aromatic nitrogens is 1. The third kappa shape index (κ3) is 2.39. The number of nitrogens with zero attached hydrogens (tertiary/aromatic N) is 2. The number of hydrogen-bond acceptors (Lipinski definition) is 4. The van der Waals surface area contributed by atoms with Gasteiger partial charge in [0.2, 0.25) is 0 Å². The van der Waals surface area contributed by atoms with E-state index >= 15 is 0 Å². The minimum Gasteiger partial charge on any atom is -0.478 e. The van der Waals surface area contributed by atoms with Gasteiger partial charge in [0.15, 0.2) is 0 Å². The molecule has 2 heterocycles. The lowest BCUT2D eigenvalue weighted by Crippen LogP contribution is -2.25. The van der Waals surface area contributed by atoms with E-state index in [9.17, 15) is 4.79 Å². The van der Waals surface area contributed by atoms with Crippen molar-refractivity contribution in [2.75, 3.05) is 13.6 Å². The zero-order valence-electron chi connectivity index (χ0n) is 10.6. The van der Waals surface area contributed by atoms with Crippen molar-refractivity contribution in [1.82, 2.24) is 9.88 Å². The van der Waals surface area contributed by atoms with E-state index in [0.717, 1.165) is 30.1 Å². The first kappa shape index (κ1) is 12.3. The molecule has 3 rings (SSSR count). The van der Waals surface area contributed by atoms with E-state index in [-0.39, 0.29) is 0 Å². The molecule has 2 aromatic rings. The monoisotopic (exact) mass is 274 g/mol. The lowest BCUT2D eigenvalue weighted by molar-refractivity contribution is 0.0697. The Hall–Kier alpha value is -1.72. The molecular formula is C14H14N2O2S. The summed E-state index contributed by atoms with van der Waals surface area (Å²) in [4.78, 5) is 19.1. The predicted octanol–water partition coefficient (Wildman–Crippen LogP) is 2.50. The maximum atomic E-state index is 10.8. The van der Waals surface area contributed by atoms with E-state index in [1.165, 1.54) is 10.6 Å². The maximum absolute atomic E-state index is 10.8. The summed E-state index contributed by atoms with van der Waals surface area (Å²) in [7, 11) is 2.12. The molecular weight excluding hydrogens is 260 g/mol. The van der Waals surface area contributed by atoms with Crippen molar-refractivity contribution in [3.8, 4) is 10.6 Å². The number of carboxylic acids is 1. The summed E-state index contributed by atoms with van der Waals surface area (Å²) in [6.07, 6.45) is 0.996. The molecule has 98 valence electrons. The second-order valence-corrected chi connectivity index (χ2v) is 5.84. The topological polar surface area (TPSA) is 53.4 Å². The summed E-state index contributed by atoms with van der Waals surface area (Å²) in [5, 5.41) is 9.87. The van der Waals surface area contributed by atoms with Crippen LogP contribution in [0.25, 0.3) is 10.6 Å². The SMILES string of the molecule is CN1CCc2nc(-c3ccc(C(=O)O)cc3)sc2C1. The van der Waals surface area contributed by atoms with Gasteiger partial charge in [-0.3, -0.25) is 0 Å². The van der Waals surface area contributed by atoms with Crippen LogP contribution < -0.4 is 0 Å². The molecule has 1 N–H and O–H groups in total. The molecule has 0 saturated carbocycles. The molecule has 0 radical (unpaired) electrons. The first-order valence-electron chi connectivity index (χ1n) is 6.14. The molecule has 1 aliphatic rings. The van der Waals surface area contributed by atoms with Crippen molar-refractivity contribution in [3.05, 3.63) is 40.4 Å². The fourth-order valence-corrected chi connectivity index (χ4v) is 3.40. The van der Waals surface area contributed by atoms with Crippen LogP contribution in [0.2, 0.25) is 0 Å². The molecule has 0 spiro atoms. The number of carboxylic acid groups (broad SMARTS) is 1. The highest BCUT2D eigenvalue weighted by molar-refractivity contribution is 7.15. The molecule has 0 atom stereocenters. The van der Waals surface area contributed by atoms with Crippen LogP contribution in [-0.2, 0) is 13.0 Å². The van der Waals surface area contributed by atoms with Crippen LogP contribution >= 0.6 is 11.3 Å². The third-order valence-corrected chi connectivity index (χ3v) is 4.43. The van der Waals surface area contributed by atoms with Crippen molar-refractivity contribution < 1.29 is 9.90 Å². The van der Waals surface area contributed by atoms with E-state index in [1.807, 2.05) is 12.1 Å². The minimum atomic E-state index is -0.897. The molecule has 0 bridgehead atoms. The van der Waals surface area contributed by atoms with E-state index in [4.69, 9.17) is 5.11 Å². The number of carbonyl (C=O) groups is 1. The van der Waals surface area contributed by atoms with Crippen LogP contribution in [0.5, 0.6) is 0 Å². The van der Waals surface area contributed by atoms with Gasteiger partial charge in [-0.2, -0.15) is 0 Å². The molecule has 5 heteroatoms. The Morgan fingerprint density at radius 1 is 1.37 bits per heavy atom. The average Bonchev–Trinajstić information content (AvgIpc) is 2.81. The lowest BCUT2D eigenvalue weighted by Gasteiger charge is -2.20. The summed E-state index contributed by atoms with van der Waals surface area (Å²) >= 11 is 1.71. The predicted molar refractivity (Wildman–Crippen MR) is 74.5 cm³/mol. The molecule has 1 aromatic heterocycles. The van der Waals surface area contributed by atoms with Crippen molar-refractivity contribution in [2.24, 2.45) is 0 Å². The summed E-state index contributed by atoms with van der Waals surface area (Å²) < 4.78 is 0. The second kappa shape index (κ2) is 4.75. The fourth-order valence-electron chi connectivity index (χ4n) is 2.20. The Bertz CT molecular complexity index is 619. The summed E-state index contributed by atoms with van der Waals surface area (Å²) in [5.41, 5.74) is 2.50. The van der Waals surface area contributed by atoms with Crippen molar-refractivity contribution in [2.45, 2.75) is 13.0 Å². The normalized spacial score (nSPS) is 15.2. The fraction of sp³-hybridized carbons (Fsp3) is 0.286. The highest BCUT2D eigenvalue weighted by Gasteiger charge is 2.18. The Morgan fingerprint density at radius 3 is 2.79 bits per heavy atom. The molecule has 1 aromatic carbocycles. The molecule has 0 amide bonds. The molecule has 0 aliphatic carbocycles. The van der Waals surface area contributed by atoms with Gasteiger partial charge < -0.3 is 10.0 Å². The smallest absolute Gasteiger partial charge is 0.335 e. The van der Waals surface area contributed by atoms with E-state index in [0.29, 0.717) is 5.56 Å². The number of fused-ring (bicyclic) bond motifs is 1. The van der Waals surface area contributed by atoms with Gasteiger partial charge in [-0.1, -0.05) is 12.1 Å². The van der Waals surface area contributed by atoms with Crippen LogP contribution in [0.1, 0.15) is 20.9 Å². The molecule has 19 heavy (non-hydrogen) atoms. The number of benzene rings is 1. The number of thiazole rings is 1. The average molecular weight is 274 g/mol. The third-order valence-electron chi connectivity index (χ3n) is 3.30. The second-order valence-electron chi connectivity index (χ2n) is 4.76. The first-order chi connectivity index (χ1) is 9.13. The van der Waals surface area contributed by atoms with Crippen molar-refractivity contribution >= 4 is 17.3 Å². The number of likely N-dealkylation sites (N-methyl/N-ethyl adjacent to an activating group) is 1. The highest BCUT2D eigenvalue weighted by atomic mass is 32.1. The van der Waals surface area contributed by atoms with Crippen LogP contribution in [0, 0.1) is 0 Å². The van der Waals surface area contributed by atoms with Gasteiger partial charge in [0.1, 0.15) is 5.01 Å². The molecule has 0 saturated heterocycles. The van der Waals surface area contributed by atoms with Gasteiger partial charge in [0.25, 0.3) is 0 Å². The van der Waals surface area contributed by atoms with Gasteiger partial charge >= 0.3 is 5.97 Å². The van der Waals surface area contributed by atoms with Crippen LogP contribution in [0.4, 0.5) is 0 Å². The lowest BCUT2D eigenvalue weighted by atomic mass is 10.1. The maximum Gasteiger partial charge on any atom is 0.335 e. The summed E-state index contributed by atoms with van der Waals surface area (Å²) in [5.74, 6) is -0.897. The summed E-state index contributed by atoms with van der Waals surface area (Å²) in [6, 6.07) is 6.92. The zero-order chi connectivity index (χ0) is 13.4. The van der Waals surface area contributed by atoms with Crippen LogP contribution in [0.15, 0.2) is 24.3 Å². The number of hydrogen-bond donors (Lipinski definition) is 1. The van der Waals surface area contributed by atoms with E-state index in [2.05, 4.69) is 16.9 Å². The highest BCUT2D eigenvalue weighted by Crippen LogP contribution is 2.31. The number of rotatable bonds is 2. The van der Waals surface area contributed by atoms with Gasteiger partial charge in [-0.05, 0) is 19.2 Å². The number of aromatic carboxylic acids is 1. The first-order valence-corrected chi connectivity index (χ1v) is 6.96. The van der Waals surface area contributed by atoms with Gasteiger partial charge in [-0.25, -0.2) is 9.78 Å². The van der Waals surface area contributed by atoms with Crippen LogP contribution in [-0.4, -0.2) is 34.6 Å². The van der Waals surface area contributed by atoms with Crippen LogP contribution in [0.3, 0.4) is 0 Å². The Balaban J connectivity index is 1.92. The Kier molecular flexibility index (Phi) is 3.08. The molecule has 4 nitrogen and oxygen atoms in total. The quantitative estimate of drug-likeness (QED) is 0.914. The minimum absolute atomic E-state index is 0.310. The Labute approximate surface area is 115 Å². The standard InChI is InChI=1S/C14H14N2O2S/c1-16-7-6-11-12(8-16)19-13(15-11)9-2-4-10(5-3-9)14(17)18/h2-5H,6-8H2,1H3,(H,17,18). The van der Waals surface area contributed by atoms with E-state index in [1.54, 1.807) is 23.5 Å². The summed E-state index contributed by atoms with van der Waals surface area (Å²) in [6.45, 7) is 2.01. The van der Waals surface area contributed by atoms with Crippen molar-refractivity contribution in [1.29, 1.82) is 0 Å². The Morgan fingerprint density at radius 2 is 2.11 bits per heavy atom. The molecule has 0 fully saturated rings. The van der Waals surface area contributed by atoms with E-state index < -0.39 is 5.97 Å².